The van der Waals surface area contributed by atoms with Gasteiger partial charge in [0.05, 0.1) is 22.5 Å². The van der Waals surface area contributed by atoms with Crippen LogP contribution in [-0.2, 0) is 16.4 Å². The molecule has 0 aliphatic carbocycles. The number of nitrogens with zero attached hydrogens (tertiary/aromatic N) is 2. The van der Waals surface area contributed by atoms with Crippen molar-refractivity contribution < 1.29 is 8.42 Å². The van der Waals surface area contributed by atoms with Crippen LogP contribution in [0.25, 0.3) is 11.0 Å². The number of hydrogen-bond donors (Lipinski definition) is 2. The number of aromatic amines is 1. The maximum atomic E-state index is 11.6. The second-order valence-electron chi connectivity index (χ2n) is 5.51. The Labute approximate surface area is 124 Å². The molecule has 1 aromatic carbocycles. The Morgan fingerprint density at radius 2 is 2.14 bits per heavy atom. The van der Waals surface area contributed by atoms with E-state index in [0.29, 0.717) is 4.90 Å². The van der Waals surface area contributed by atoms with Crippen molar-refractivity contribution in [2.24, 2.45) is 0 Å². The lowest BCUT2D eigenvalue weighted by Gasteiger charge is -2.17. The van der Waals surface area contributed by atoms with Crippen LogP contribution < -0.4 is 5.32 Å². The minimum Gasteiger partial charge on any atom is -0.341 e. The molecule has 0 spiro atoms. The zero-order valence-electron chi connectivity index (χ0n) is 12.1. The largest absolute Gasteiger partial charge is 0.341 e. The molecule has 1 aromatic heterocycles. The molecule has 0 atom stereocenters. The van der Waals surface area contributed by atoms with E-state index in [2.05, 4.69) is 20.2 Å². The average molecular weight is 308 g/mol. The Morgan fingerprint density at radius 1 is 1.29 bits per heavy atom. The number of sulfone groups is 1. The lowest BCUT2D eigenvalue weighted by molar-refractivity contribution is 0.278. The summed E-state index contributed by atoms with van der Waals surface area (Å²) in [5, 5.41) is 3.37. The van der Waals surface area contributed by atoms with Crippen LogP contribution in [0.5, 0.6) is 0 Å². The van der Waals surface area contributed by atoms with Gasteiger partial charge < -0.3 is 10.3 Å². The first-order valence-electron chi connectivity index (χ1n) is 7.14. The molecular weight excluding hydrogens is 288 g/mol. The van der Waals surface area contributed by atoms with Crippen molar-refractivity contribution in [2.75, 3.05) is 32.4 Å². The third kappa shape index (κ3) is 3.42. The van der Waals surface area contributed by atoms with Crippen LogP contribution in [-0.4, -0.2) is 55.7 Å². The highest BCUT2D eigenvalue weighted by molar-refractivity contribution is 7.90. The molecule has 0 unspecified atom stereocenters. The second-order valence-corrected chi connectivity index (χ2v) is 7.53. The fraction of sp³-hybridized carbons (Fsp3) is 0.500. The predicted octanol–water partition coefficient (Wildman–Crippen LogP) is 0.762. The topological polar surface area (TPSA) is 78.1 Å². The van der Waals surface area contributed by atoms with Gasteiger partial charge in [-0.15, -0.1) is 0 Å². The van der Waals surface area contributed by atoms with Gasteiger partial charge in [-0.25, -0.2) is 13.4 Å². The Balaban J connectivity index is 1.83. The van der Waals surface area contributed by atoms with Gasteiger partial charge in [-0.3, -0.25) is 4.90 Å². The highest BCUT2D eigenvalue weighted by Gasteiger charge is 2.13. The molecule has 0 radical (unpaired) electrons. The molecule has 6 nitrogen and oxygen atoms in total. The van der Waals surface area contributed by atoms with Crippen LogP contribution >= 0.6 is 0 Å². The smallest absolute Gasteiger partial charge is 0.175 e. The third-order valence-electron chi connectivity index (χ3n) is 3.74. The standard InChI is InChI=1S/C14H20N4O2S/c1-21(19,20)11-3-4-12-13(9-11)17-14(16-12)10-18-7-2-5-15-6-8-18/h3-4,9,15H,2,5-8,10H2,1H3,(H,16,17). The number of rotatable bonds is 3. The normalized spacial score (nSPS) is 18.0. The van der Waals surface area contributed by atoms with Crippen LogP contribution in [0.4, 0.5) is 0 Å². The molecule has 21 heavy (non-hydrogen) atoms. The molecule has 2 aromatic rings. The van der Waals surface area contributed by atoms with Crippen molar-refractivity contribution in [3.8, 4) is 0 Å². The number of imidazole rings is 1. The summed E-state index contributed by atoms with van der Waals surface area (Å²) in [5.74, 6) is 0.887. The SMILES string of the molecule is CS(=O)(=O)c1ccc2nc(CN3CCCNCC3)[nH]c2c1. The van der Waals surface area contributed by atoms with Gasteiger partial charge in [0.25, 0.3) is 0 Å². The van der Waals surface area contributed by atoms with Crippen LogP contribution in [0.15, 0.2) is 23.1 Å². The van der Waals surface area contributed by atoms with Crippen molar-refractivity contribution >= 4 is 20.9 Å². The first-order chi connectivity index (χ1) is 10.0. The Bertz CT molecular complexity index is 731. The molecule has 0 saturated carbocycles. The maximum absolute atomic E-state index is 11.6. The summed E-state index contributed by atoms with van der Waals surface area (Å²) in [6.07, 6.45) is 2.36. The number of aromatic nitrogens is 2. The molecule has 2 heterocycles. The highest BCUT2D eigenvalue weighted by Crippen LogP contribution is 2.18. The molecule has 2 N–H and O–H groups in total. The van der Waals surface area contributed by atoms with E-state index in [1.165, 1.54) is 6.26 Å². The summed E-state index contributed by atoms with van der Waals surface area (Å²) in [4.78, 5) is 10.5. The van der Waals surface area contributed by atoms with Crippen LogP contribution in [0.3, 0.4) is 0 Å². The lowest BCUT2D eigenvalue weighted by Crippen LogP contribution is -2.28. The number of hydrogen-bond acceptors (Lipinski definition) is 5. The van der Waals surface area contributed by atoms with E-state index in [0.717, 1.165) is 56.0 Å². The molecule has 1 fully saturated rings. The Morgan fingerprint density at radius 3 is 2.95 bits per heavy atom. The minimum absolute atomic E-state index is 0.323. The van der Waals surface area contributed by atoms with Crippen LogP contribution in [0.1, 0.15) is 12.2 Å². The molecular formula is C14H20N4O2S. The summed E-state index contributed by atoms with van der Waals surface area (Å²) in [6, 6.07) is 5.03. The number of benzene rings is 1. The third-order valence-corrected chi connectivity index (χ3v) is 4.85. The molecule has 7 heteroatoms. The van der Waals surface area contributed by atoms with Gasteiger partial charge in [0.1, 0.15) is 5.82 Å². The summed E-state index contributed by atoms with van der Waals surface area (Å²) in [5.41, 5.74) is 1.59. The van der Waals surface area contributed by atoms with Crippen LogP contribution in [0.2, 0.25) is 0 Å². The van der Waals surface area contributed by atoms with E-state index < -0.39 is 9.84 Å². The zero-order chi connectivity index (χ0) is 14.9. The van der Waals surface area contributed by atoms with Gasteiger partial charge >= 0.3 is 0 Å². The number of H-pyrrole nitrogens is 1. The van der Waals surface area contributed by atoms with Crippen molar-refractivity contribution in [3.63, 3.8) is 0 Å². The van der Waals surface area contributed by atoms with Crippen LogP contribution in [0, 0.1) is 0 Å². The number of nitrogens with one attached hydrogen (secondary N) is 2. The van der Waals surface area contributed by atoms with Crippen molar-refractivity contribution in [1.29, 1.82) is 0 Å². The fourth-order valence-electron chi connectivity index (χ4n) is 2.62. The summed E-state index contributed by atoms with van der Waals surface area (Å²) in [6.45, 7) is 4.89. The Hall–Kier alpha value is -1.44. The number of fused-ring (bicyclic) bond motifs is 1. The van der Waals surface area contributed by atoms with E-state index in [4.69, 9.17) is 0 Å². The molecule has 114 valence electrons. The molecule has 1 aliphatic heterocycles. The van der Waals surface area contributed by atoms with E-state index in [-0.39, 0.29) is 0 Å². The highest BCUT2D eigenvalue weighted by atomic mass is 32.2. The first-order valence-corrected chi connectivity index (χ1v) is 9.03. The molecule has 0 amide bonds. The van der Waals surface area contributed by atoms with Gasteiger partial charge in [-0.2, -0.15) is 0 Å². The van der Waals surface area contributed by atoms with Gasteiger partial charge in [0.15, 0.2) is 9.84 Å². The maximum Gasteiger partial charge on any atom is 0.175 e. The quantitative estimate of drug-likeness (QED) is 0.875. The van der Waals surface area contributed by atoms with Crippen molar-refractivity contribution in [1.82, 2.24) is 20.2 Å². The minimum atomic E-state index is -3.18. The first kappa shape index (κ1) is 14.5. The average Bonchev–Trinajstić information content (AvgIpc) is 2.63. The fourth-order valence-corrected chi connectivity index (χ4v) is 3.27. The van der Waals surface area contributed by atoms with E-state index in [1.807, 2.05) is 0 Å². The van der Waals surface area contributed by atoms with Gasteiger partial charge in [0, 0.05) is 19.3 Å². The Kier molecular flexibility index (Phi) is 3.97. The second kappa shape index (κ2) is 5.75. The van der Waals surface area contributed by atoms with E-state index >= 15 is 0 Å². The molecule has 1 saturated heterocycles. The summed E-state index contributed by atoms with van der Waals surface area (Å²) >= 11 is 0. The predicted molar refractivity (Wildman–Crippen MR) is 82.0 cm³/mol. The van der Waals surface area contributed by atoms with E-state index in [1.54, 1.807) is 18.2 Å². The lowest BCUT2D eigenvalue weighted by atomic mass is 10.3. The molecule has 1 aliphatic rings. The zero-order valence-corrected chi connectivity index (χ0v) is 12.9. The molecule has 3 rings (SSSR count). The van der Waals surface area contributed by atoms with Crippen molar-refractivity contribution in [2.45, 2.75) is 17.9 Å². The van der Waals surface area contributed by atoms with E-state index in [9.17, 15) is 8.42 Å². The summed E-state index contributed by atoms with van der Waals surface area (Å²) < 4.78 is 23.2. The van der Waals surface area contributed by atoms with Gasteiger partial charge in [-0.05, 0) is 37.7 Å². The van der Waals surface area contributed by atoms with Gasteiger partial charge in [0.2, 0.25) is 0 Å². The molecule has 0 bridgehead atoms. The summed E-state index contributed by atoms with van der Waals surface area (Å²) in [7, 11) is -3.18. The monoisotopic (exact) mass is 308 g/mol. The van der Waals surface area contributed by atoms with Crippen molar-refractivity contribution in [3.05, 3.63) is 24.0 Å². The van der Waals surface area contributed by atoms with Gasteiger partial charge in [-0.1, -0.05) is 0 Å².